The predicted molar refractivity (Wildman–Crippen MR) is 98.3 cm³/mol. The molecule has 0 fully saturated rings. The molecule has 0 amide bonds. The van der Waals surface area contributed by atoms with Gasteiger partial charge in [0.05, 0.1) is 13.7 Å². The third kappa shape index (κ3) is 2.66. The molecular formula is C22H18FNO2. The lowest BCUT2D eigenvalue weighted by molar-refractivity contribution is 0.335. The lowest BCUT2D eigenvalue weighted by Crippen LogP contribution is -2.00. The summed E-state index contributed by atoms with van der Waals surface area (Å²) in [6.45, 7) is 2.53. The fourth-order valence-corrected chi connectivity index (χ4v) is 3.65. The van der Waals surface area contributed by atoms with Gasteiger partial charge in [-0.05, 0) is 46.5 Å². The van der Waals surface area contributed by atoms with Gasteiger partial charge in [-0.15, -0.1) is 0 Å². The van der Waals surface area contributed by atoms with E-state index in [-0.39, 0.29) is 11.5 Å². The molecule has 1 aliphatic heterocycles. The van der Waals surface area contributed by atoms with Gasteiger partial charge in [-0.1, -0.05) is 31.2 Å². The summed E-state index contributed by atoms with van der Waals surface area (Å²) in [5.74, 6) is 0.877. The Morgan fingerprint density at radius 1 is 1.19 bits per heavy atom. The molecule has 4 heteroatoms. The van der Waals surface area contributed by atoms with E-state index in [1.54, 1.807) is 7.11 Å². The average Bonchev–Trinajstić information content (AvgIpc) is 3.03. The predicted octanol–water partition coefficient (Wildman–Crippen LogP) is 4.95. The van der Waals surface area contributed by atoms with Crippen molar-refractivity contribution in [2.24, 2.45) is 0 Å². The van der Waals surface area contributed by atoms with Gasteiger partial charge in [-0.3, -0.25) is 0 Å². The molecular weight excluding hydrogens is 329 g/mol. The first kappa shape index (κ1) is 16.4. The number of ether oxygens (including phenoxy) is 2. The van der Waals surface area contributed by atoms with Crippen molar-refractivity contribution in [2.75, 3.05) is 13.7 Å². The largest absolute Gasteiger partial charge is 0.497 e. The SMILES string of the molecule is COc1ccc2cc(Cc3cc(F)c(C#N)c4c3C(C)CO4)ccc2c1. The van der Waals surface area contributed by atoms with Crippen molar-refractivity contribution < 1.29 is 13.9 Å². The molecule has 26 heavy (non-hydrogen) atoms. The van der Waals surface area contributed by atoms with Crippen LogP contribution in [0.4, 0.5) is 4.39 Å². The zero-order valence-electron chi connectivity index (χ0n) is 14.7. The molecule has 0 aromatic heterocycles. The van der Waals surface area contributed by atoms with Crippen LogP contribution < -0.4 is 9.47 Å². The van der Waals surface area contributed by atoms with Gasteiger partial charge in [0.1, 0.15) is 28.9 Å². The highest BCUT2D eigenvalue weighted by Crippen LogP contribution is 2.41. The number of nitrogens with zero attached hydrogens (tertiary/aromatic N) is 1. The summed E-state index contributed by atoms with van der Waals surface area (Å²) in [4.78, 5) is 0. The van der Waals surface area contributed by atoms with Gasteiger partial charge in [0.25, 0.3) is 0 Å². The van der Waals surface area contributed by atoms with Crippen molar-refractivity contribution in [1.82, 2.24) is 0 Å². The van der Waals surface area contributed by atoms with Crippen molar-refractivity contribution >= 4 is 10.8 Å². The van der Waals surface area contributed by atoms with E-state index >= 15 is 0 Å². The molecule has 0 spiro atoms. The van der Waals surface area contributed by atoms with E-state index in [4.69, 9.17) is 9.47 Å². The van der Waals surface area contributed by atoms with E-state index in [1.165, 1.54) is 6.07 Å². The van der Waals surface area contributed by atoms with Crippen molar-refractivity contribution in [2.45, 2.75) is 19.3 Å². The second-order valence-electron chi connectivity index (χ2n) is 6.68. The van der Waals surface area contributed by atoms with E-state index in [9.17, 15) is 9.65 Å². The molecule has 0 aliphatic carbocycles. The summed E-state index contributed by atoms with van der Waals surface area (Å²) in [5, 5.41) is 11.4. The first-order valence-electron chi connectivity index (χ1n) is 8.55. The highest BCUT2D eigenvalue weighted by atomic mass is 19.1. The van der Waals surface area contributed by atoms with E-state index in [0.29, 0.717) is 18.8 Å². The van der Waals surface area contributed by atoms with E-state index in [1.807, 2.05) is 43.3 Å². The number of hydrogen-bond acceptors (Lipinski definition) is 3. The minimum absolute atomic E-state index is 0.0127. The second kappa shape index (κ2) is 6.34. The maximum absolute atomic E-state index is 14.4. The van der Waals surface area contributed by atoms with Gasteiger partial charge < -0.3 is 9.47 Å². The van der Waals surface area contributed by atoms with Crippen LogP contribution in [-0.2, 0) is 6.42 Å². The van der Waals surface area contributed by atoms with Crippen LogP contribution >= 0.6 is 0 Å². The standard InChI is InChI=1S/C22H18FNO2/c1-13-12-26-22-19(11-24)20(23)10-17(21(13)22)8-14-3-4-16-9-18(25-2)6-5-15(16)7-14/h3-7,9-10,13H,8,12H2,1-2H3. The Morgan fingerprint density at radius 3 is 2.73 bits per heavy atom. The minimum Gasteiger partial charge on any atom is -0.497 e. The summed E-state index contributed by atoms with van der Waals surface area (Å²) < 4.78 is 25.2. The van der Waals surface area contributed by atoms with Crippen LogP contribution in [0.15, 0.2) is 42.5 Å². The zero-order valence-corrected chi connectivity index (χ0v) is 14.7. The van der Waals surface area contributed by atoms with Crippen molar-refractivity contribution in [1.29, 1.82) is 5.26 Å². The smallest absolute Gasteiger partial charge is 0.145 e. The molecule has 0 saturated heterocycles. The van der Waals surface area contributed by atoms with Crippen LogP contribution in [0.25, 0.3) is 10.8 Å². The molecule has 3 nitrogen and oxygen atoms in total. The van der Waals surface area contributed by atoms with Crippen molar-refractivity contribution in [3.8, 4) is 17.6 Å². The molecule has 130 valence electrons. The fourth-order valence-electron chi connectivity index (χ4n) is 3.65. The highest BCUT2D eigenvalue weighted by molar-refractivity contribution is 5.84. The molecule has 0 N–H and O–H groups in total. The number of hydrogen-bond donors (Lipinski definition) is 0. The third-order valence-electron chi connectivity index (χ3n) is 4.95. The Balaban J connectivity index is 1.76. The number of nitriles is 1. The molecule has 0 saturated carbocycles. The Hall–Kier alpha value is -3.06. The highest BCUT2D eigenvalue weighted by Gasteiger charge is 2.29. The molecule has 4 rings (SSSR count). The van der Waals surface area contributed by atoms with Crippen LogP contribution in [0.5, 0.6) is 11.5 Å². The van der Waals surface area contributed by atoms with E-state index < -0.39 is 5.82 Å². The Morgan fingerprint density at radius 2 is 1.96 bits per heavy atom. The van der Waals surface area contributed by atoms with Crippen LogP contribution in [-0.4, -0.2) is 13.7 Å². The first-order chi connectivity index (χ1) is 12.6. The minimum atomic E-state index is -0.513. The lowest BCUT2D eigenvalue weighted by atomic mass is 9.90. The van der Waals surface area contributed by atoms with Crippen molar-refractivity contribution in [3.05, 3.63) is 70.5 Å². The Kier molecular flexibility index (Phi) is 4.00. The number of halogens is 1. The molecule has 1 atom stereocenters. The molecule has 3 aromatic carbocycles. The third-order valence-corrected chi connectivity index (χ3v) is 4.95. The van der Waals surface area contributed by atoms with Gasteiger partial charge in [0.15, 0.2) is 0 Å². The summed E-state index contributed by atoms with van der Waals surface area (Å²) in [6, 6.07) is 15.6. The topological polar surface area (TPSA) is 42.2 Å². The second-order valence-corrected chi connectivity index (χ2v) is 6.68. The normalized spacial score (nSPS) is 15.4. The fraction of sp³-hybridized carbons (Fsp3) is 0.227. The number of methoxy groups -OCH3 is 1. The Bertz CT molecular complexity index is 1050. The van der Waals surface area contributed by atoms with Gasteiger partial charge in [0.2, 0.25) is 0 Å². The Labute approximate surface area is 151 Å². The number of benzene rings is 3. The molecule has 3 aromatic rings. The van der Waals surface area contributed by atoms with Crippen LogP contribution in [0.1, 0.15) is 35.1 Å². The van der Waals surface area contributed by atoms with E-state index in [2.05, 4.69) is 6.07 Å². The van der Waals surface area contributed by atoms with Crippen LogP contribution in [0, 0.1) is 17.1 Å². The quantitative estimate of drug-likeness (QED) is 0.673. The summed E-state index contributed by atoms with van der Waals surface area (Å²) in [5.41, 5.74) is 2.94. The van der Waals surface area contributed by atoms with Crippen molar-refractivity contribution in [3.63, 3.8) is 0 Å². The maximum atomic E-state index is 14.4. The summed E-state index contributed by atoms with van der Waals surface area (Å²) in [6.07, 6.45) is 0.598. The molecule has 1 heterocycles. The van der Waals surface area contributed by atoms with E-state index in [0.717, 1.165) is 33.2 Å². The van der Waals surface area contributed by atoms with Gasteiger partial charge in [-0.2, -0.15) is 5.26 Å². The maximum Gasteiger partial charge on any atom is 0.145 e. The molecule has 0 bridgehead atoms. The van der Waals surface area contributed by atoms with Crippen LogP contribution in [0.2, 0.25) is 0 Å². The first-order valence-corrected chi connectivity index (χ1v) is 8.55. The van der Waals surface area contributed by atoms with Crippen LogP contribution in [0.3, 0.4) is 0 Å². The van der Waals surface area contributed by atoms with Gasteiger partial charge in [0, 0.05) is 11.5 Å². The molecule has 0 radical (unpaired) electrons. The van der Waals surface area contributed by atoms with Gasteiger partial charge in [-0.25, -0.2) is 4.39 Å². The monoisotopic (exact) mass is 347 g/mol. The van der Waals surface area contributed by atoms with Gasteiger partial charge >= 0.3 is 0 Å². The lowest BCUT2D eigenvalue weighted by Gasteiger charge is -2.12. The summed E-state index contributed by atoms with van der Waals surface area (Å²) in [7, 11) is 1.65. The number of fused-ring (bicyclic) bond motifs is 2. The zero-order chi connectivity index (χ0) is 18.3. The molecule has 1 unspecified atom stereocenters. The average molecular weight is 347 g/mol. The summed E-state index contributed by atoms with van der Waals surface area (Å²) >= 11 is 0. The number of rotatable bonds is 3. The molecule has 1 aliphatic rings.